The van der Waals surface area contributed by atoms with Crippen LogP contribution >= 0.6 is 0 Å². The van der Waals surface area contributed by atoms with Gasteiger partial charge in [-0.25, -0.2) is 0 Å². The molecule has 232 valence electrons. The number of para-hydroxylation sites is 2. The molecule has 3 heteroatoms. The molecule has 3 nitrogen and oxygen atoms in total. The van der Waals surface area contributed by atoms with Gasteiger partial charge in [0.25, 0.3) is 0 Å². The van der Waals surface area contributed by atoms with Crippen molar-refractivity contribution in [2.24, 2.45) is 0 Å². The van der Waals surface area contributed by atoms with Gasteiger partial charge in [0.1, 0.15) is 22.3 Å². The molecule has 2 heterocycles. The predicted octanol–water partition coefficient (Wildman–Crippen LogP) is 13.1. The van der Waals surface area contributed by atoms with Crippen LogP contribution in [0.25, 0.3) is 66.7 Å². The number of hydrogen-bond acceptors (Lipinski definition) is 3. The normalized spacial score (nSPS) is 12.9. The van der Waals surface area contributed by atoms with Crippen molar-refractivity contribution in [3.63, 3.8) is 0 Å². The minimum absolute atomic E-state index is 0.851. The van der Waals surface area contributed by atoms with Gasteiger partial charge in [0.05, 0.1) is 11.1 Å². The Morgan fingerprint density at radius 3 is 2.02 bits per heavy atom. The summed E-state index contributed by atoms with van der Waals surface area (Å²) in [5.41, 5.74) is 14.2. The molecule has 1 aliphatic rings. The first-order valence-corrected chi connectivity index (χ1v) is 16.9. The molecule has 1 aliphatic carbocycles. The smallest absolute Gasteiger partial charge is 0.143 e. The molecule has 0 atom stereocenters. The van der Waals surface area contributed by atoms with E-state index >= 15 is 0 Å². The Kier molecular flexibility index (Phi) is 6.31. The fourth-order valence-corrected chi connectivity index (χ4v) is 7.71. The quantitative estimate of drug-likeness (QED) is 0.190. The third-order valence-electron chi connectivity index (χ3n) is 9.96. The summed E-state index contributed by atoms with van der Waals surface area (Å²) in [6.07, 6.45) is 4.27. The Bertz CT molecular complexity index is 2700. The lowest BCUT2D eigenvalue weighted by Crippen LogP contribution is -2.10. The highest BCUT2D eigenvalue weighted by atomic mass is 16.3. The molecule has 0 saturated heterocycles. The fraction of sp³-hybridized carbons (Fsp3) is 0.0435. The number of hydrogen-bond donors (Lipinski definition) is 0. The van der Waals surface area contributed by atoms with Gasteiger partial charge in [0, 0.05) is 33.1 Å². The standard InChI is InChI=1S/C46H31NO2/c1-3-12-30(13-4-1)32-24-26-36(27-25-32)47(35-16-5-2-6-17-35)39-19-11-21-41-44(39)38-29-42-45(37-18-9-10-20-40(37)48-42)43(46(38)49-41)34-23-22-31-14-7-8-15-33(31)28-34/h1-21,24-29H,22-23H2. The van der Waals surface area contributed by atoms with Crippen LogP contribution in [0.3, 0.4) is 0 Å². The molecule has 0 bridgehead atoms. The molecule has 0 saturated carbocycles. The van der Waals surface area contributed by atoms with Crippen LogP contribution in [0.1, 0.15) is 23.1 Å². The minimum Gasteiger partial charge on any atom is -0.456 e. The second-order valence-corrected chi connectivity index (χ2v) is 12.8. The van der Waals surface area contributed by atoms with Crippen LogP contribution in [-0.2, 0) is 6.42 Å². The zero-order chi connectivity index (χ0) is 32.3. The fourth-order valence-electron chi connectivity index (χ4n) is 7.71. The van der Waals surface area contributed by atoms with Gasteiger partial charge < -0.3 is 13.7 Å². The summed E-state index contributed by atoms with van der Waals surface area (Å²) in [4.78, 5) is 2.34. The maximum Gasteiger partial charge on any atom is 0.143 e. The van der Waals surface area contributed by atoms with Gasteiger partial charge in [0.2, 0.25) is 0 Å². The number of anilines is 3. The lowest BCUT2D eigenvalue weighted by atomic mass is 9.86. The molecule has 9 aromatic rings. The lowest BCUT2D eigenvalue weighted by Gasteiger charge is -2.26. The van der Waals surface area contributed by atoms with E-state index in [-0.39, 0.29) is 0 Å². The summed E-state index contributed by atoms with van der Waals surface area (Å²) in [6.45, 7) is 0. The number of benzene rings is 7. The van der Waals surface area contributed by atoms with E-state index in [4.69, 9.17) is 8.83 Å². The summed E-state index contributed by atoms with van der Waals surface area (Å²) >= 11 is 0. The molecular formula is C46H31NO2. The van der Waals surface area contributed by atoms with E-state index in [2.05, 4.69) is 163 Å². The average molecular weight is 630 g/mol. The number of fused-ring (bicyclic) bond motifs is 7. The number of allylic oxidation sites excluding steroid dienone is 1. The third kappa shape index (κ3) is 4.51. The van der Waals surface area contributed by atoms with Crippen LogP contribution < -0.4 is 4.90 Å². The van der Waals surface area contributed by atoms with E-state index in [1.54, 1.807) is 0 Å². The molecule has 2 aromatic heterocycles. The first-order chi connectivity index (χ1) is 24.3. The first-order valence-electron chi connectivity index (χ1n) is 16.9. The highest BCUT2D eigenvalue weighted by Crippen LogP contribution is 2.49. The Morgan fingerprint density at radius 1 is 0.469 bits per heavy atom. The van der Waals surface area contributed by atoms with Crippen molar-refractivity contribution in [1.29, 1.82) is 0 Å². The summed E-state index contributed by atoms with van der Waals surface area (Å²) in [6, 6.07) is 55.6. The van der Waals surface area contributed by atoms with Crippen LogP contribution in [0.2, 0.25) is 0 Å². The van der Waals surface area contributed by atoms with Crippen LogP contribution in [0, 0.1) is 0 Å². The molecule has 0 amide bonds. The lowest BCUT2D eigenvalue weighted by molar-refractivity contribution is 0.663. The molecule has 0 fully saturated rings. The highest BCUT2D eigenvalue weighted by molar-refractivity contribution is 6.24. The van der Waals surface area contributed by atoms with E-state index in [0.717, 1.165) is 79.3 Å². The van der Waals surface area contributed by atoms with Crippen molar-refractivity contribution in [3.05, 3.63) is 174 Å². The minimum atomic E-state index is 0.851. The monoisotopic (exact) mass is 629 g/mol. The van der Waals surface area contributed by atoms with Gasteiger partial charge in [-0.3, -0.25) is 0 Å². The van der Waals surface area contributed by atoms with Gasteiger partial charge in [0.15, 0.2) is 0 Å². The predicted molar refractivity (Wildman–Crippen MR) is 204 cm³/mol. The summed E-state index contributed by atoms with van der Waals surface area (Å²) in [5, 5.41) is 4.34. The Hall–Kier alpha value is -6.32. The maximum absolute atomic E-state index is 6.98. The number of furan rings is 2. The zero-order valence-corrected chi connectivity index (χ0v) is 26.8. The van der Waals surface area contributed by atoms with Crippen LogP contribution in [-0.4, -0.2) is 0 Å². The highest BCUT2D eigenvalue weighted by Gasteiger charge is 2.26. The van der Waals surface area contributed by atoms with Crippen molar-refractivity contribution < 1.29 is 8.83 Å². The Morgan fingerprint density at radius 2 is 1.16 bits per heavy atom. The molecule has 0 N–H and O–H groups in total. The number of aryl methyl sites for hydroxylation is 1. The molecule has 0 unspecified atom stereocenters. The Labute approximate surface area is 283 Å². The molecule has 10 rings (SSSR count). The van der Waals surface area contributed by atoms with E-state index < -0.39 is 0 Å². The summed E-state index contributed by atoms with van der Waals surface area (Å²) < 4.78 is 13.6. The Balaban J connectivity index is 1.25. The SMILES string of the molecule is C1=C(c2c3oc4cccc(N(c5ccccc5)c5ccc(-c6ccccc6)cc5)c4c3cc3oc4ccccc4c23)CCc2ccccc21. The van der Waals surface area contributed by atoms with Gasteiger partial charge in [-0.05, 0) is 89.2 Å². The van der Waals surface area contributed by atoms with Gasteiger partial charge in [-0.2, -0.15) is 0 Å². The van der Waals surface area contributed by atoms with Gasteiger partial charge in [-0.1, -0.05) is 115 Å². The van der Waals surface area contributed by atoms with E-state index in [1.807, 2.05) is 6.07 Å². The average Bonchev–Trinajstić information content (AvgIpc) is 3.73. The number of nitrogens with zero attached hydrogens (tertiary/aromatic N) is 1. The van der Waals surface area contributed by atoms with Crippen molar-refractivity contribution in [1.82, 2.24) is 0 Å². The first kappa shape index (κ1) is 27.8. The molecule has 0 spiro atoms. The molecule has 49 heavy (non-hydrogen) atoms. The second-order valence-electron chi connectivity index (χ2n) is 12.8. The summed E-state index contributed by atoms with van der Waals surface area (Å²) in [5.74, 6) is 0. The van der Waals surface area contributed by atoms with Crippen molar-refractivity contribution in [2.75, 3.05) is 4.90 Å². The zero-order valence-electron chi connectivity index (χ0n) is 26.8. The van der Waals surface area contributed by atoms with E-state index in [9.17, 15) is 0 Å². The van der Waals surface area contributed by atoms with Crippen LogP contribution in [0.4, 0.5) is 17.1 Å². The van der Waals surface area contributed by atoms with Crippen molar-refractivity contribution in [3.8, 4) is 11.1 Å². The van der Waals surface area contributed by atoms with E-state index in [1.165, 1.54) is 27.8 Å². The topological polar surface area (TPSA) is 29.5 Å². The largest absolute Gasteiger partial charge is 0.456 e. The van der Waals surface area contributed by atoms with Crippen molar-refractivity contribution >= 4 is 72.6 Å². The van der Waals surface area contributed by atoms with Crippen molar-refractivity contribution in [2.45, 2.75) is 12.8 Å². The second kappa shape index (κ2) is 11.1. The molecule has 0 radical (unpaired) electrons. The van der Waals surface area contributed by atoms with Crippen LogP contribution in [0.15, 0.2) is 167 Å². The third-order valence-corrected chi connectivity index (χ3v) is 9.96. The number of rotatable bonds is 5. The molecule has 0 aliphatic heterocycles. The van der Waals surface area contributed by atoms with E-state index in [0.29, 0.717) is 0 Å². The maximum atomic E-state index is 6.98. The molecular weight excluding hydrogens is 599 g/mol. The van der Waals surface area contributed by atoms with Crippen LogP contribution in [0.5, 0.6) is 0 Å². The molecule has 7 aromatic carbocycles. The van der Waals surface area contributed by atoms with Gasteiger partial charge in [-0.15, -0.1) is 0 Å². The summed E-state index contributed by atoms with van der Waals surface area (Å²) in [7, 11) is 0. The van der Waals surface area contributed by atoms with Gasteiger partial charge >= 0.3 is 0 Å².